The lowest BCUT2D eigenvalue weighted by Gasteiger charge is -2.17. The summed E-state index contributed by atoms with van der Waals surface area (Å²) in [5.41, 5.74) is 3.53. The molecule has 2 rings (SSSR count). The highest BCUT2D eigenvalue weighted by Gasteiger charge is 2.17. The second-order valence-electron chi connectivity index (χ2n) is 4.19. The monoisotopic (exact) mass is 291 g/mol. The Balaban J connectivity index is 2.18. The molecule has 0 saturated heterocycles. The molecule has 0 unspecified atom stereocenters. The van der Waals surface area contributed by atoms with Crippen LogP contribution in [0.15, 0.2) is 36.7 Å². The normalized spacial score (nSPS) is 10.2. The fourth-order valence-electron chi connectivity index (χ4n) is 1.69. The molecule has 3 N–H and O–H groups in total. The summed E-state index contributed by atoms with van der Waals surface area (Å²) in [5, 5.41) is 0.288. The van der Waals surface area contributed by atoms with Crippen molar-refractivity contribution in [3.05, 3.63) is 52.9 Å². The molecule has 2 heterocycles. The SMILES string of the molecule is CN(Cc1ccncc1)C(=O)c1nc(NN)ccc1Cl. The molecule has 20 heavy (non-hydrogen) atoms. The molecule has 7 heteroatoms. The minimum absolute atomic E-state index is 0.165. The van der Waals surface area contributed by atoms with Gasteiger partial charge in [-0.25, -0.2) is 10.8 Å². The summed E-state index contributed by atoms with van der Waals surface area (Å²) in [5.74, 6) is 5.39. The molecule has 0 bridgehead atoms. The highest BCUT2D eigenvalue weighted by atomic mass is 35.5. The average molecular weight is 292 g/mol. The van der Waals surface area contributed by atoms with Crippen LogP contribution in [0.4, 0.5) is 5.82 Å². The molecular weight excluding hydrogens is 278 g/mol. The molecule has 2 aromatic rings. The van der Waals surface area contributed by atoms with Gasteiger partial charge in [-0.1, -0.05) is 11.6 Å². The number of halogens is 1. The number of amides is 1. The number of nitrogen functional groups attached to an aromatic ring is 1. The Hall–Kier alpha value is -2.18. The molecule has 104 valence electrons. The van der Waals surface area contributed by atoms with Gasteiger partial charge in [-0.15, -0.1) is 0 Å². The van der Waals surface area contributed by atoms with E-state index in [2.05, 4.69) is 15.4 Å². The minimum atomic E-state index is -0.274. The van der Waals surface area contributed by atoms with Crippen LogP contribution in [-0.2, 0) is 6.54 Å². The quantitative estimate of drug-likeness (QED) is 0.661. The van der Waals surface area contributed by atoms with E-state index in [1.54, 1.807) is 31.6 Å². The van der Waals surface area contributed by atoms with E-state index in [1.165, 1.54) is 4.90 Å². The van der Waals surface area contributed by atoms with Gasteiger partial charge in [0.2, 0.25) is 0 Å². The van der Waals surface area contributed by atoms with Crippen molar-refractivity contribution in [2.24, 2.45) is 5.84 Å². The number of rotatable bonds is 4. The van der Waals surface area contributed by atoms with Crippen molar-refractivity contribution >= 4 is 23.3 Å². The van der Waals surface area contributed by atoms with Gasteiger partial charge in [-0.2, -0.15) is 0 Å². The first kappa shape index (κ1) is 14.2. The maximum Gasteiger partial charge on any atom is 0.274 e. The third kappa shape index (κ3) is 3.23. The fraction of sp³-hybridized carbons (Fsp3) is 0.154. The van der Waals surface area contributed by atoms with E-state index in [9.17, 15) is 4.79 Å². The number of hydrogen-bond acceptors (Lipinski definition) is 5. The van der Waals surface area contributed by atoms with Crippen LogP contribution in [0.1, 0.15) is 16.1 Å². The van der Waals surface area contributed by atoms with E-state index < -0.39 is 0 Å². The summed E-state index contributed by atoms with van der Waals surface area (Å²) in [4.78, 5) is 21.9. The predicted octanol–water partition coefficient (Wildman–Crippen LogP) is 1.69. The zero-order valence-electron chi connectivity index (χ0n) is 10.9. The number of aromatic nitrogens is 2. The van der Waals surface area contributed by atoms with Crippen LogP contribution in [0.2, 0.25) is 5.02 Å². The molecule has 0 aromatic carbocycles. The first-order valence-corrected chi connectivity index (χ1v) is 6.27. The van der Waals surface area contributed by atoms with Crippen molar-refractivity contribution in [2.75, 3.05) is 12.5 Å². The zero-order chi connectivity index (χ0) is 14.5. The molecule has 2 aromatic heterocycles. The third-order valence-corrected chi connectivity index (χ3v) is 3.02. The maximum atomic E-state index is 12.3. The smallest absolute Gasteiger partial charge is 0.274 e. The van der Waals surface area contributed by atoms with Crippen molar-refractivity contribution in [3.8, 4) is 0 Å². The topological polar surface area (TPSA) is 84.1 Å². The molecule has 0 aliphatic heterocycles. The summed E-state index contributed by atoms with van der Waals surface area (Å²) < 4.78 is 0. The van der Waals surface area contributed by atoms with Gasteiger partial charge in [0, 0.05) is 26.0 Å². The van der Waals surface area contributed by atoms with E-state index in [0.717, 1.165) is 5.56 Å². The fourth-order valence-corrected chi connectivity index (χ4v) is 1.87. The van der Waals surface area contributed by atoms with Crippen LogP contribution in [0.5, 0.6) is 0 Å². The van der Waals surface area contributed by atoms with Crippen LogP contribution >= 0.6 is 11.6 Å². The van der Waals surface area contributed by atoms with Gasteiger partial charge >= 0.3 is 0 Å². The second kappa shape index (κ2) is 6.31. The number of anilines is 1. The summed E-state index contributed by atoms with van der Waals surface area (Å²) >= 11 is 6.01. The van der Waals surface area contributed by atoms with Gasteiger partial charge in [-0.05, 0) is 29.8 Å². The molecule has 0 radical (unpaired) electrons. The van der Waals surface area contributed by atoms with E-state index >= 15 is 0 Å². The Labute approximate surface area is 121 Å². The van der Waals surface area contributed by atoms with Crippen molar-refractivity contribution < 1.29 is 4.79 Å². The van der Waals surface area contributed by atoms with Crippen LogP contribution in [-0.4, -0.2) is 27.8 Å². The van der Waals surface area contributed by atoms with Gasteiger partial charge in [0.05, 0.1) is 5.02 Å². The molecule has 0 aliphatic rings. The third-order valence-electron chi connectivity index (χ3n) is 2.71. The van der Waals surface area contributed by atoms with Crippen molar-refractivity contribution in [2.45, 2.75) is 6.54 Å². The minimum Gasteiger partial charge on any atom is -0.336 e. The Morgan fingerprint density at radius 2 is 2.05 bits per heavy atom. The van der Waals surface area contributed by atoms with Gasteiger partial charge < -0.3 is 10.3 Å². The largest absolute Gasteiger partial charge is 0.336 e. The lowest BCUT2D eigenvalue weighted by Crippen LogP contribution is -2.27. The predicted molar refractivity (Wildman–Crippen MR) is 77.1 cm³/mol. The van der Waals surface area contributed by atoms with Crippen molar-refractivity contribution in [3.63, 3.8) is 0 Å². The standard InChI is InChI=1S/C13H14ClN5O/c1-19(8-9-4-6-16-7-5-9)13(20)12-10(14)2-3-11(17-12)18-15/h2-7H,8,15H2,1H3,(H,17,18). The molecule has 0 aliphatic carbocycles. The van der Waals surface area contributed by atoms with Crippen molar-refractivity contribution in [1.29, 1.82) is 0 Å². The number of hydrazine groups is 1. The van der Waals surface area contributed by atoms with E-state index in [4.69, 9.17) is 17.4 Å². The molecule has 6 nitrogen and oxygen atoms in total. The molecule has 0 fully saturated rings. The number of carbonyl (C=O) groups excluding carboxylic acids is 1. The summed E-state index contributed by atoms with van der Waals surface area (Å²) in [6.07, 6.45) is 3.36. The van der Waals surface area contributed by atoms with Crippen LogP contribution in [0, 0.1) is 0 Å². The molecule has 0 spiro atoms. The first-order valence-electron chi connectivity index (χ1n) is 5.89. The molecule has 1 amide bonds. The Morgan fingerprint density at radius 3 is 2.70 bits per heavy atom. The van der Waals surface area contributed by atoms with E-state index in [-0.39, 0.29) is 16.6 Å². The molecular formula is C13H14ClN5O. The van der Waals surface area contributed by atoms with Crippen LogP contribution in [0.25, 0.3) is 0 Å². The van der Waals surface area contributed by atoms with E-state index in [0.29, 0.717) is 12.4 Å². The van der Waals surface area contributed by atoms with Crippen molar-refractivity contribution in [1.82, 2.24) is 14.9 Å². The van der Waals surface area contributed by atoms with Gasteiger partial charge in [0.15, 0.2) is 0 Å². The zero-order valence-corrected chi connectivity index (χ0v) is 11.6. The maximum absolute atomic E-state index is 12.3. The number of nitrogens with one attached hydrogen (secondary N) is 1. The number of carbonyl (C=O) groups is 1. The summed E-state index contributed by atoms with van der Waals surface area (Å²) in [6, 6.07) is 6.87. The average Bonchev–Trinajstić information content (AvgIpc) is 2.48. The highest BCUT2D eigenvalue weighted by Crippen LogP contribution is 2.18. The van der Waals surface area contributed by atoms with E-state index in [1.807, 2.05) is 12.1 Å². The second-order valence-corrected chi connectivity index (χ2v) is 4.60. The Morgan fingerprint density at radius 1 is 1.35 bits per heavy atom. The Bertz CT molecular complexity index is 605. The number of pyridine rings is 2. The van der Waals surface area contributed by atoms with Gasteiger partial charge in [-0.3, -0.25) is 9.78 Å². The molecule has 0 atom stereocenters. The number of nitrogens with zero attached hydrogens (tertiary/aromatic N) is 3. The van der Waals surface area contributed by atoms with Gasteiger partial charge in [0.1, 0.15) is 11.5 Å². The molecule has 0 saturated carbocycles. The Kier molecular flexibility index (Phi) is 4.49. The first-order chi connectivity index (χ1) is 9.61. The number of nitrogens with two attached hydrogens (primary N) is 1. The highest BCUT2D eigenvalue weighted by molar-refractivity contribution is 6.33. The summed E-state index contributed by atoms with van der Waals surface area (Å²) in [7, 11) is 1.68. The number of hydrogen-bond donors (Lipinski definition) is 2. The van der Waals surface area contributed by atoms with Crippen LogP contribution < -0.4 is 11.3 Å². The summed E-state index contributed by atoms with van der Waals surface area (Å²) in [6.45, 7) is 0.444. The lowest BCUT2D eigenvalue weighted by molar-refractivity contribution is 0.0779. The lowest BCUT2D eigenvalue weighted by atomic mass is 10.2. The van der Waals surface area contributed by atoms with Gasteiger partial charge in [0.25, 0.3) is 5.91 Å². The van der Waals surface area contributed by atoms with Crippen LogP contribution in [0.3, 0.4) is 0 Å².